The number of benzene rings is 2. The summed E-state index contributed by atoms with van der Waals surface area (Å²) in [5.74, 6) is -1.77. The Hall–Kier alpha value is -2.99. The second-order valence-corrected chi connectivity index (χ2v) is 8.92. The second kappa shape index (κ2) is 5.79. The highest BCUT2D eigenvalue weighted by atomic mass is 16.2. The first kappa shape index (κ1) is 17.8. The molecule has 2 aromatic rings. The number of carbonyl (C=O) groups excluding carboxylic acids is 3. The molecule has 4 aliphatic rings. The van der Waals surface area contributed by atoms with Crippen LogP contribution in [0.1, 0.15) is 29.5 Å². The number of amides is 3. The molecule has 30 heavy (non-hydrogen) atoms. The Balaban J connectivity index is 1.58. The highest BCUT2D eigenvalue weighted by molar-refractivity contribution is 6.26. The van der Waals surface area contributed by atoms with E-state index in [1.54, 1.807) is 0 Å². The standard InChI is InChI=1S/C24H23N3O3/c1-13-7-5-8-14(2)20(13)27-21(28)18-17-11-6-12-26(17)24(19(18)22(27)29)15-9-3-4-10-16(15)25-23(24)30/h3-5,7-10,17-19H,6,11-12H2,1-2H3,(H,25,30)/t17-,18-,19+,24-/m1/s1. The number of aryl methyl sites for hydroxylation is 2. The van der Waals surface area contributed by atoms with Crippen molar-refractivity contribution in [3.8, 4) is 0 Å². The van der Waals surface area contributed by atoms with Crippen molar-refractivity contribution in [2.24, 2.45) is 11.8 Å². The lowest BCUT2D eigenvalue weighted by molar-refractivity contribution is -0.135. The molecule has 3 fully saturated rings. The molecular weight excluding hydrogens is 378 g/mol. The van der Waals surface area contributed by atoms with Gasteiger partial charge in [0, 0.05) is 17.3 Å². The lowest BCUT2D eigenvalue weighted by Gasteiger charge is -2.36. The Kier molecular flexibility index (Phi) is 3.44. The SMILES string of the molecule is Cc1cccc(C)c1N1C(=O)[C@@H]2[C@H]3CCCN3[C@@]3(C(=O)Nc4ccccc43)[C@@H]2C1=O. The number of rotatable bonds is 1. The van der Waals surface area contributed by atoms with Gasteiger partial charge in [0.1, 0.15) is 5.54 Å². The van der Waals surface area contributed by atoms with Crippen LogP contribution in [-0.4, -0.2) is 35.2 Å². The van der Waals surface area contributed by atoms with Crippen molar-refractivity contribution in [1.82, 2.24) is 4.90 Å². The van der Waals surface area contributed by atoms with Crippen LogP contribution in [0.4, 0.5) is 11.4 Å². The summed E-state index contributed by atoms with van der Waals surface area (Å²) in [5.41, 5.74) is 2.95. The number of hydrogen-bond donors (Lipinski definition) is 1. The van der Waals surface area contributed by atoms with E-state index in [0.717, 1.165) is 41.8 Å². The Morgan fingerprint density at radius 1 is 0.967 bits per heavy atom. The van der Waals surface area contributed by atoms with E-state index < -0.39 is 17.4 Å². The van der Waals surface area contributed by atoms with Crippen LogP contribution in [0, 0.1) is 25.7 Å². The summed E-state index contributed by atoms with van der Waals surface area (Å²) in [6, 6.07) is 13.3. The summed E-state index contributed by atoms with van der Waals surface area (Å²) < 4.78 is 0. The van der Waals surface area contributed by atoms with Crippen molar-refractivity contribution >= 4 is 29.1 Å². The number of carbonyl (C=O) groups is 3. The molecule has 4 atom stereocenters. The van der Waals surface area contributed by atoms with Crippen LogP contribution in [0.15, 0.2) is 42.5 Å². The number of para-hydroxylation sites is 2. The molecule has 4 aliphatic heterocycles. The van der Waals surface area contributed by atoms with Crippen LogP contribution >= 0.6 is 0 Å². The normalized spacial score (nSPS) is 32.0. The molecule has 3 amide bonds. The number of anilines is 2. The van der Waals surface area contributed by atoms with E-state index in [9.17, 15) is 14.4 Å². The summed E-state index contributed by atoms with van der Waals surface area (Å²) in [4.78, 5) is 44.8. The van der Waals surface area contributed by atoms with Gasteiger partial charge >= 0.3 is 0 Å². The van der Waals surface area contributed by atoms with Crippen molar-refractivity contribution in [2.75, 3.05) is 16.8 Å². The predicted molar refractivity (Wildman–Crippen MR) is 112 cm³/mol. The largest absolute Gasteiger partial charge is 0.324 e. The van der Waals surface area contributed by atoms with Gasteiger partial charge in [-0.05, 0) is 50.4 Å². The minimum absolute atomic E-state index is 0.0855. The van der Waals surface area contributed by atoms with Gasteiger partial charge in [-0.15, -0.1) is 0 Å². The third kappa shape index (κ3) is 1.86. The minimum Gasteiger partial charge on any atom is -0.324 e. The van der Waals surface area contributed by atoms with Crippen molar-refractivity contribution in [3.63, 3.8) is 0 Å². The van der Waals surface area contributed by atoms with Crippen LogP contribution < -0.4 is 10.2 Å². The third-order valence-electron chi connectivity index (χ3n) is 7.56. The fourth-order valence-corrected chi connectivity index (χ4v) is 6.54. The number of hydrogen-bond acceptors (Lipinski definition) is 4. The third-order valence-corrected chi connectivity index (χ3v) is 7.56. The molecule has 0 bridgehead atoms. The maximum Gasteiger partial charge on any atom is 0.250 e. The summed E-state index contributed by atoms with van der Waals surface area (Å²) in [7, 11) is 0. The molecule has 6 rings (SSSR count). The van der Waals surface area contributed by atoms with Gasteiger partial charge in [-0.25, -0.2) is 4.90 Å². The summed E-state index contributed by atoms with van der Waals surface area (Å²) in [6.07, 6.45) is 1.76. The van der Waals surface area contributed by atoms with E-state index in [-0.39, 0.29) is 23.8 Å². The molecule has 0 unspecified atom stereocenters. The molecule has 4 heterocycles. The van der Waals surface area contributed by atoms with Gasteiger partial charge in [0.05, 0.1) is 17.5 Å². The predicted octanol–water partition coefficient (Wildman–Crippen LogP) is 2.73. The van der Waals surface area contributed by atoms with Crippen LogP contribution in [0.5, 0.6) is 0 Å². The average Bonchev–Trinajstić information content (AvgIpc) is 3.42. The molecule has 0 aliphatic carbocycles. The first-order valence-corrected chi connectivity index (χ1v) is 10.6. The molecule has 0 saturated carbocycles. The summed E-state index contributed by atoms with van der Waals surface area (Å²) in [5, 5.41) is 3.01. The van der Waals surface area contributed by atoms with Gasteiger partial charge in [-0.2, -0.15) is 0 Å². The highest BCUT2D eigenvalue weighted by Crippen LogP contribution is 2.60. The molecular formula is C24H23N3O3. The molecule has 0 aromatic heterocycles. The molecule has 1 spiro atoms. The van der Waals surface area contributed by atoms with Crippen LogP contribution in [0.25, 0.3) is 0 Å². The Morgan fingerprint density at radius 2 is 1.70 bits per heavy atom. The van der Waals surface area contributed by atoms with E-state index in [0.29, 0.717) is 5.69 Å². The number of fused-ring (bicyclic) bond motifs is 7. The lowest BCUT2D eigenvalue weighted by Crippen LogP contribution is -2.54. The first-order chi connectivity index (χ1) is 14.5. The number of imide groups is 1. The molecule has 1 N–H and O–H groups in total. The van der Waals surface area contributed by atoms with E-state index >= 15 is 0 Å². The molecule has 6 heteroatoms. The highest BCUT2D eigenvalue weighted by Gasteiger charge is 2.74. The van der Waals surface area contributed by atoms with Crippen molar-refractivity contribution < 1.29 is 14.4 Å². The van der Waals surface area contributed by atoms with E-state index in [1.165, 1.54) is 4.90 Å². The van der Waals surface area contributed by atoms with Crippen molar-refractivity contribution in [1.29, 1.82) is 0 Å². The lowest BCUT2D eigenvalue weighted by atomic mass is 9.75. The second-order valence-electron chi connectivity index (χ2n) is 8.92. The fourth-order valence-electron chi connectivity index (χ4n) is 6.54. The van der Waals surface area contributed by atoms with E-state index in [1.807, 2.05) is 56.3 Å². The van der Waals surface area contributed by atoms with E-state index in [2.05, 4.69) is 10.2 Å². The molecule has 6 nitrogen and oxygen atoms in total. The zero-order chi connectivity index (χ0) is 20.8. The summed E-state index contributed by atoms with van der Waals surface area (Å²) >= 11 is 0. The maximum atomic E-state index is 13.9. The van der Waals surface area contributed by atoms with Gasteiger partial charge in [0.2, 0.25) is 17.7 Å². The zero-order valence-electron chi connectivity index (χ0n) is 17.0. The molecule has 2 aromatic carbocycles. The zero-order valence-corrected chi connectivity index (χ0v) is 17.0. The van der Waals surface area contributed by atoms with Gasteiger partial charge < -0.3 is 5.32 Å². The minimum atomic E-state index is -1.10. The Labute approximate surface area is 174 Å². The number of nitrogens with one attached hydrogen (secondary N) is 1. The Morgan fingerprint density at radius 3 is 2.47 bits per heavy atom. The fraction of sp³-hybridized carbons (Fsp3) is 0.375. The van der Waals surface area contributed by atoms with Crippen LogP contribution in [-0.2, 0) is 19.9 Å². The maximum absolute atomic E-state index is 13.9. The van der Waals surface area contributed by atoms with Gasteiger partial charge in [0.25, 0.3) is 0 Å². The average molecular weight is 401 g/mol. The van der Waals surface area contributed by atoms with E-state index in [4.69, 9.17) is 0 Å². The first-order valence-electron chi connectivity index (χ1n) is 10.6. The van der Waals surface area contributed by atoms with Gasteiger partial charge in [-0.1, -0.05) is 36.4 Å². The van der Waals surface area contributed by atoms with Crippen LogP contribution in [0.2, 0.25) is 0 Å². The molecule has 3 saturated heterocycles. The summed E-state index contributed by atoms with van der Waals surface area (Å²) in [6.45, 7) is 4.57. The molecule has 0 radical (unpaired) electrons. The quantitative estimate of drug-likeness (QED) is 0.746. The Bertz CT molecular complexity index is 1120. The van der Waals surface area contributed by atoms with Crippen molar-refractivity contribution in [3.05, 3.63) is 59.2 Å². The van der Waals surface area contributed by atoms with Gasteiger partial charge in [0.15, 0.2) is 0 Å². The monoisotopic (exact) mass is 401 g/mol. The molecule has 152 valence electrons. The van der Waals surface area contributed by atoms with Gasteiger partial charge in [-0.3, -0.25) is 19.3 Å². The smallest absolute Gasteiger partial charge is 0.250 e. The number of nitrogens with zero attached hydrogens (tertiary/aromatic N) is 2. The topological polar surface area (TPSA) is 69.7 Å². The van der Waals surface area contributed by atoms with Crippen LogP contribution in [0.3, 0.4) is 0 Å². The van der Waals surface area contributed by atoms with Crippen molar-refractivity contribution in [2.45, 2.75) is 38.3 Å².